The van der Waals surface area contributed by atoms with Crippen LogP contribution in [0.3, 0.4) is 0 Å². The molecule has 29 heavy (non-hydrogen) atoms. The van der Waals surface area contributed by atoms with Crippen LogP contribution in [0.4, 0.5) is 5.13 Å². The van der Waals surface area contributed by atoms with Crippen LogP contribution in [0, 0.1) is 0 Å². The number of anilines is 1. The van der Waals surface area contributed by atoms with Crippen molar-refractivity contribution in [2.75, 3.05) is 5.32 Å². The molecule has 4 aromatic rings. The summed E-state index contributed by atoms with van der Waals surface area (Å²) in [4.78, 5) is 26.6. The van der Waals surface area contributed by atoms with Crippen molar-refractivity contribution in [1.29, 1.82) is 0 Å². The lowest BCUT2D eigenvalue weighted by Gasteiger charge is -2.17. The Balaban J connectivity index is 1.46. The second kappa shape index (κ2) is 9.51. The van der Waals surface area contributed by atoms with E-state index in [1.807, 2.05) is 47.8 Å². The number of thiazole rings is 2. The van der Waals surface area contributed by atoms with E-state index in [2.05, 4.69) is 25.6 Å². The van der Waals surface area contributed by atoms with Crippen molar-refractivity contribution >= 4 is 33.7 Å². The predicted molar refractivity (Wildman–Crippen MR) is 117 cm³/mol. The summed E-state index contributed by atoms with van der Waals surface area (Å²) in [6.07, 6.45) is 5.83. The van der Waals surface area contributed by atoms with Crippen molar-refractivity contribution in [2.24, 2.45) is 0 Å². The first-order valence-corrected chi connectivity index (χ1v) is 10.9. The highest BCUT2D eigenvalue weighted by molar-refractivity contribution is 7.19. The van der Waals surface area contributed by atoms with E-state index in [4.69, 9.17) is 0 Å². The molecule has 0 fully saturated rings. The summed E-state index contributed by atoms with van der Waals surface area (Å²) in [6, 6.07) is 13.4. The molecule has 0 aliphatic heterocycles. The molecule has 0 saturated carbocycles. The molecule has 3 aromatic heterocycles. The molecule has 8 heteroatoms. The quantitative estimate of drug-likeness (QED) is 0.449. The standard InChI is InChI=1S/C21H19N5OS2/c27-20(26-21-24-12-19(29-21)16-6-8-22-9-7-16)18(10-15-4-2-1-3-5-15)23-11-17-13-28-14-25-17/h1-9,12-14,18,23H,10-11H2,(H,24,26,27). The molecule has 1 aromatic carbocycles. The minimum absolute atomic E-state index is 0.111. The molecule has 0 spiro atoms. The van der Waals surface area contributed by atoms with Gasteiger partial charge in [-0.15, -0.1) is 11.3 Å². The summed E-state index contributed by atoms with van der Waals surface area (Å²) in [5.74, 6) is -0.111. The highest BCUT2D eigenvalue weighted by atomic mass is 32.1. The van der Waals surface area contributed by atoms with Crippen LogP contribution in [0.25, 0.3) is 10.4 Å². The van der Waals surface area contributed by atoms with E-state index in [1.54, 1.807) is 35.4 Å². The third-order valence-electron chi connectivity index (χ3n) is 4.31. The number of pyridine rings is 1. The largest absolute Gasteiger partial charge is 0.301 e. The Morgan fingerprint density at radius 3 is 2.66 bits per heavy atom. The van der Waals surface area contributed by atoms with Gasteiger partial charge in [-0.3, -0.25) is 15.1 Å². The summed E-state index contributed by atoms with van der Waals surface area (Å²) in [5.41, 5.74) is 4.84. The summed E-state index contributed by atoms with van der Waals surface area (Å²) < 4.78 is 0. The molecule has 2 N–H and O–H groups in total. The van der Waals surface area contributed by atoms with E-state index in [0.717, 1.165) is 21.7 Å². The minimum atomic E-state index is -0.396. The number of nitrogens with zero attached hydrogens (tertiary/aromatic N) is 3. The third kappa shape index (κ3) is 5.32. The molecule has 146 valence electrons. The summed E-state index contributed by atoms with van der Waals surface area (Å²) in [5, 5.41) is 8.84. The molecule has 4 rings (SSSR count). The summed E-state index contributed by atoms with van der Waals surface area (Å²) in [6.45, 7) is 0.536. The van der Waals surface area contributed by atoms with Crippen LogP contribution in [0.5, 0.6) is 0 Å². The van der Waals surface area contributed by atoms with Gasteiger partial charge in [0, 0.05) is 30.5 Å². The zero-order valence-electron chi connectivity index (χ0n) is 15.5. The first kappa shape index (κ1) is 19.4. The van der Waals surface area contributed by atoms with Gasteiger partial charge < -0.3 is 5.32 Å². The Hall–Kier alpha value is -2.94. The van der Waals surface area contributed by atoms with Crippen molar-refractivity contribution in [3.8, 4) is 10.4 Å². The molecular formula is C21H19N5OS2. The van der Waals surface area contributed by atoms with Crippen LogP contribution in [-0.4, -0.2) is 26.9 Å². The fraction of sp³-hybridized carbons (Fsp3) is 0.143. The van der Waals surface area contributed by atoms with E-state index in [9.17, 15) is 4.79 Å². The Morgan fingerprint density at radius 1 is 1.07 bits per heavy atom. The topological polar surface area (TPSA) is 79.8 Å². The van der Waals surface area contributed by atoms with Gasteiger partial charge in [0.05, 0.1) is 22.1 Å². The van der Waals surface area contributed by atoms with Crippen molar-refractivity contribution < 1.29 is 4.79 Å². The lowest BCUT2D eigenvalue weighted by atomic mass is 10.1. The van der Waals surface area contributed by atoms with Crippen LogP contribution < -0.4 is 10.6 Å². The number of nitrogens with one attached hydrogen (secondary N) is 2. The average molecular weight is 422 g/mol. The number of benzene rings is 1. The Kier molecular flexibility index (Phi) is 6.35. The van der Waals surface area contributed by atoms with Crippen LogP contribution in [0.15, 0.2) is 71.9 Å². The van der Waals surface area contributed by atoms with Crippen LogP contribution >= 0.6 is 22.7 Å². The van der Waals surface area contributed by atoms with E-state index in [0.29, 0.717) is 18.1 Å². The van der Waals surface area contributed by atoms with Crippen LogP contribution in [-0.2, 0) is 17.8 Å². The molecule has 0 saturated heterocycles. The molecule has 0 radical (unpaired) electrons. The van der Waals surface area contributed by atoms with E-state index < -0.39 is 6.04 Å². The van der Waals surface area contributed by atoms with E-state index in [1.165, 1.54) is 11.3 Å². The summed E-state index contributed by atoms with van der Waals surface area (Å²) in [7, 11) is 0. The highest BCUT2D eigenvalue weighted by Gasteiger charge is 2.20. The molecule has 3 heterocycles. The van der Waals surface area contributed by atoms with Gasteiger partial charge in [-0.1, -0.05) is 41.7 Å². The molecule has 1 atom stereocenters. The Labute approximate surface area is 176 Å². The van der Waals surface area contributed by atoms with Crippen molar-refractivity contribution in [3.63, 3.8) is 0 Å². The normalized spacial score (nSPS) is 11.9. The number of aromatic nitrogens is 3. The van der Waals surface area contributed by atoms with Crippen LogP contribution in [0.1, 0.15) is 11.3 Å². The monoisotopic (exact) mass is 421 g/mol. The second-order valence-electron chi connectivity index (χ2n) is 6.36. The second-order valence-corrected chi connectivity index (χ2v) is 8.11. The first-order chi connectivity index (χ1) is 14.3. The number of hydrogen-bond donors (Lipinski definition) is 2. The average Bonchev–Trinajstić information content (AvgIpc) is 3.45. The fourth-order valence-electron chi connectivity index (χ4n) is 2.83. The first-order valence-electron chi connectivity index (χ1n) is 9.09. The molecular weight excluding hydrogens is 402 g/mol. The zero-order valence-corrected chi connectivity index (χ0v) is 17.1. The molecule has 1 unspecified atom stereocenters. The SMILES string of the molecule is O=C(Nc1ncc(-c2ccncc2)s1)C(Cc1ccccc1)NCc1cscn1. The maximum Gasteiger partial charge on any atom is 0.243 e. The van der Waals surface area contributed by atoms with Gasteiger partial charge in [-0.2, -0.15) is 0 Å². The van der Waals surface area contributed by atoms with Gasteiger partial charge in [0.15, 0.2) is 5.13 Å². The Morgan fingerprint density at radius 2 is 1.90 bits per heavy atom. The van der Waals surface area contributed by atoms with Gasteiger partial charge >= 0.3 is 0 Å². The summed E-state index contributed by atoms with van der Waals surface area (Å²) >= 11 is 2.99. The van der Waals surface area contributed by atoms with Crippen molar-refractivity contribution in [1.82, 2.24) is 20.3 Å². The molecule has 0 aliphatic carbocycles. The number of rotatable bonds is 8. The van der Waals surface area contributed by atoms with Gasteiger partial charge in [-0.05, 0) is 29.7 Å². The van der Waals surface area contributed by atoms with E-state index in [-0.39, 0.29) is 5.91 Å². The minimum Gasteiger partial charge on any atom is -0.301 e. The number of carbonyl (C=O) groups is 1. The van der Waals surface area contributed by atoms with Gasteiger partial charge in [0.25, 0.3) is 0 Å². The van der Waals surface area contributed by atoms with Crippen molar-refractivity contribution in [3.05, 3.63) is 83.2 Å². The third-order valence-corrected chi connectivity index (χ3v) is 5.91. The fourth-order valence-corrected chi connectivity index (χ4v) is 4.22. The van der Waals surface area contributed by atoms with Gasteiger partial charge in [-0.25, -0.2) is 9.97 Å². The lowest BCUT2D eigenvalue weighted by Crippen LogP contribution is -2.41. The van der Waals surface area contributed by atoms with Gasteiger partial charge in [0.1, 0.15) is 0 Å². The maximum atomic E-state index is 13.0. The van der Waals surface area contributed by atoms with Gasteiger partial charge in [0.2, 0.25) is 5.91 Å². The maximum absolute atomic E-state index is 13.0. The number of carbonyl (C=O) groups excluding carboxylic acids is 1. The molecule has 0 bridgehead atoms. The Bertz CT molecular complexity index is 1040. The predicted octanol–water partition coefficient (Wildman–Crippen LogP) is 4.00. The van der Waals surface area contributed by atoms with Crippen molar-refractivity contribution in [2.45, 2.75) is 19.0 Å². The highest BCUT2D eigenvalue weighted by Crippen LogP contribution is 2.28. The van der Waals surface area contributed by atoms with Crippen LogP contribution in [0.2, 0.25) is 0 Å². The molecule has 1 amide bonds. The number of hydrogen-bond acceptors (Lipinski definition) is 7. The lowest BCUT2D eigenvalue weighted by molar-refractivity contribution is -0.118. The molecule has 0 aliphatic rings. The number of amides is 1. The smallest absolute Gasteiger partial charge is 0.243 e. The molecule has 6 nitrogen and oxygen atoms in total. The zero-order chi connectivity index (χ0) is 19.9. The van der Waals surface area contributed by atoms with E-state index >= 15 is 0 Å².